The molecule has 6 heteroatoms. The molecule has 0 bridgehead atoms. The van der Waals surface area contributed by atoms with Crippen LogP contribution in [-0.2, 0) is 0 Å². The Morgan fingerprint density at radius 3 is 2.69 bits per heavy atom. The molecule has 4 nitrogen and oxygen atoms in total. The van der Waals surface area contributed by atoms with E-state index in [1.807, 2.05) is 0 Å². The average molecular weight is 356 g/mol. The predicted octanol–water partition coefficient (Wildman–Crippen LogP) is 0.544. The molecule has 1 saturated heterocycles. The molecule has 0 aromatic heterocycles. The highest BCUT2D eigenvalue weighted by molar-refractivity contribution is 14.0. The molecule has 1 fully saturated rings. The van der Waals surface area contributed by atoms with Gasteiger partial charge < -0.3 is 10.2 Å². The van der Waals surface area contributed by atoms with Gasteiger partial charge >= 0.3 is 0 Å². The van der Waals surface area contributed by atoms with Gasteiger partial charge in [-0.05, 0) is 0 Å². The van der Waals surface area contributed by atoms with Crippen molar-refractivity contribution in [2.75, 3.05) is 57.8 Å². The molecule has 0 radical (unpaired) electrons. The van der Waals surface area contributed by atoms with Crippen molar-refractivity contribution in [1.82, 2.24) is 15.1 Å². The van der Waals surface area contributed by atoms with E-state index >= 15 is 0 Å². The van der Waals surface area contributed by atoms with Crippen molar-refractivity contribution in [3.8, 4) is 0 Å². The third kappa shape index (κ3) is 4.29. The highest BCUT2D eigenvalue weighted by Gasteiger charge is 2.13. The predicted molar refractivity (Wildman–Crippen MR) is 82.1 cm³/mol. The molecule has 1 N–H and O–H groups in total. The van der Waals surface area contributed by atoms with E-state index < -0.39 is 0 Å². The summed E-state index contributed by atoms with van der Waals surface area (Å²) in [6.07, 6.45) is 0. The van der Waals surface area contributed by atoms with Gasteiger partial charge in [0.15, 0.2) is 5.96 Å². The number of hydrogen-bond acceptors (Lipinski definition) is 5. The second-order valence-electron chi connectivity index (χ2n) is 4.01. The Bertz CT molecular complexity index is 231. The lowest BCUT2D eigenvalue weighted by Gasteiger charge is -2.26. The van der Waals surface area contributed by atoms with Gasteiger partial charge in [0.25, 0.3) is 0 Å². The molecule has 0 aliphatic carbocycles. The van der Waals surface area contributed by atoms with Gasteiger partial charge in [0, 0.05) is 51.3 Å². The van der Waals surface area contributed by atoms with Crippen molar-refractivity contribution in [2.24, 2.45) is 4.99 Å². The van der Waals surface area contributed by atoms with E-state index in [1.165, 1.54) is 24.6 Å². The Kier molecular flexibility index (Phi) is 6.83. The number of nitrogens with one attached hydrogen (secondary N) is 1. The molecule has 2 aliphatic heterocycles. The minimum absolute atomic E-state index is 0. The van der Waals surface area contributed by atoms with Crippen LogP contribution in [0.3, 0.4) is 0 Å². The van der Waals surface area contributed by atoms with Gasteiger partial charge in [0.2, 0.25) is 0 Å². The van der Waals surface area contributed by atoms with Crippen molar-refractivity contribution in [3.05, 3.63) is 0 Å². The molecular formula is C10H21IN4S. The molecule has 0 spiro atoms. The first-order valence-electron chi connectivity index (χ1n) is 5.66. The lowest BCUT2D eigenvalue weighted by atomic mass is 10.4. The summed E-state index contributed by atoms with van der Waals surface area (Å²) in [5.74, 6) is 3.66. The Morgan fingerprint density at radius 2 is 2.06 bits per heavy atom. The minimum atomic E-state index is 0. The minimum Gasteiger partial charge on any atom is -0.355 e. The Hall–Kier alpha value is 0.310. The number of thioether (sulfide) groups is 1. The van der Waals surface area contributed by atoms with Crippen LogP contribution >= 0.6 is 35.7 Å². The Morgan fingerprint density at radius 1 is 1.31 bits per heavy atom. The second kappa shape index (κ2) is 7.60. The van der Waals surface area contributed by atoms with Crippen LogP contribution in [0, 0.1) is 0 Å². The van der Waals surface area contributed by atoms with Crippen LogP contribution in [0.5, 0.6) is 0 Å². The molecule has 2 aliphatic rings. The van der Waals surface area contributed by atoms with Crippen molar-refractivity contribution < 1.29 is 0 Å². The molecule has 0 saturated carbocycles. The van der Waals surface area contributed by atoms with E-state index in [1.54, 1.807) is 0 Å². The van der Waals surface area contributed by atoms with E-state index in [0.29, 0.717) is 0 Å². The van der Waals surface area contributed by atoms with E-state index in [4.69, 9.17) is 0 Å². The average Bonchev–Trinajstić information content (AvgIpc) is 2.66. The lowest BCUT2D eigenvalue weighted by molar-refractivity contribution is 0.306. The Balaban J connectivity index is 0.00000128. The maximum atomic E-state index is 4.41. The van der Waals surface area contributed by atoms with Gasteiger partial charge in [-0.2, -0.15) is 11.8 Å². The van der Waals surface area contributed by atoms with Crippen LogP contribution < -0.4 is 5.32 Å². The van der Waals surface area contributed by atoms with Crippen molar-refractivity contribution in [2.45, 2.75) is 0 Å². The highest BCUT2D eigenvalue weighted by Crippen LogP contribution is 2.07. The number of halogens is 1. The zero-order valence-electron chi connectivity index (χ0n) is 9.81. The largest absolute Gasteiger partial charge is 0.355 e. The lowest BCUT2D eigenvalue weighted by Crippen LogP contribution is -2.42. The number of rotatable bonds is 3. The molecule has 94 valence electrons. The quantitative estimate of drug-likeness (QED) is 0.749. The number of hydrogen-bond donors (Lipinski definition) is 1. The highest BCUT2D eigenvalue weighted by atomic mass is 127. The smallest absolute Gasteiger partial charge is 0.193 e. The van der Waals surface area contributed by atoms with E-state index in [9.17, 15) is 0 Å². The molecule has 2 heterocycles. The van der Waals surface area contributed by atoms with Crippen molar-refractivity contribution in [3.63, 3.8) is 0 Å². The van der Waals surface area contributed by atoms with Crippen molar-refractivity contribution in [1.29, 1.82) is 0 Å². The number of likely N-dealkylation sites (N-methyl/N-ethyl adjacent to an activating group) is 1. The summed E-state index contributed by atoms with van der Waals surface area (Å²) in [4.78, 5) is 9.12. The molecular weight excluding hydrogens is 335 g/mol. The first-order valence-corrected chi connectivity index (χ1v) is 6.81. The summed E-state index contributed by atoms with van der Waals surface area (Å²) >= 11 is 2.06. The van der Waals surface area contributed by atoms with E-state index in [2.05, 4.69) is 38.9 Å². The topological polar surface area (TPSA) is 30.9 Å². The molecule has 0 aromatic carbocycles. The van der Waals surface area contributed by atoms with Crippen molar-refractivity contribution >= 4 is 41.7 Å². The molecule has 0 atom stereocenters. The van der Waals surface area contributed by atoms with Crippen LogP contribution in [-0.4, -0.2) is 73.6 Å². The molecule has 16 heavy (non-hydrogen) atoms. The Labute approximate surface area is 119 Å². The summed E-state index contributed by atoms with van der Waals surface area (Å²) in [6.45, 7) is 6.66. The second-order valence-corrected chi connectivity index (χ2v) is 5.23. The standard InChI is InChI=1S/C10H20N4S.HI/c1-13-4-2-11-10(13)12-3-5-14-6-8-15-9-7-14;/h2-9H2,1H3,(H,11,12);1H. The number of aliphatic imine (C=N–C) groups is 1. The zero-order chi connectivity index (χ0) is 10.5. The van der Waals surface area contributed by atoms with Crippen LogP contribution in [0.15, 0.2) is 4.99 Å². The van der Waals surface area contributed by atoms with Crippen LogP contribution in [0.4, 0.5) is 0 Å². The summed E-state index contributed by atoms with van der Waals surface area (Å²) in [5.41, 5.74) is 0. The normalized spacial score (nSPS) is 21.6. The first kappa shape index (κ1) is 14.4. The fourth-order valence-corrected chi connectivity index (χ4v) is 2.85. The third-order valence-corrected chi connectivity index (χ3v) is 3.82. The molecule has 0 aromatic rings. The molecule has 0 unspecified atom stereocenters. The van der Waals surface area contributed by atoms with Gasteiger partial charge in [-0.3, -0.25) is 9.89 Å². The summed E-state index contributed by atoms with van der Waals surface area (Å²) in [7, 11) is 2.09. The fourth-order valence-electron chi connectivity index (χ4n) is 1.87. The monoisotopic (exact) mass is 356 g/mol. The van der Waals surface area contributed by atoms with Crippen LogP contribution in [0.2, 0.25) is 0 Å². The van der Waals surface area contributed by atoms with Gasteiger partial charge in [-0.15, -0.1) is 24.0 Å². The maximum Gasteiger partial charge on any atom is 0.193 e. The molecule has 0 amide bonds. The fraction of sp³-hybridized carbons (Fsp3) is 0.900. The zero-order valence-corrected chi connectivity index (χ0v) is 13.0. The van der Waals surface area contributed by atoms with Crippen LogP contribution in [0.25, 0.3) is 0 Å². The van der Waals surface area contributed by atoms with Gasteiger partial charge in [-0.25, -0.2) is 0 Å². The summed E-state index contributed by atoms with van der Waals surface area (Å²) in [6, 6.07) is 0. The maximum absolute atomic E-state index is 4.41. The van der Waals surface area contributed by atoms with Gasteiger partial charge in [-0.1, -0.05) is 0 Å². The van der Waals surface area contributed by atoms with E-state index in [0.717, 1.165) is 32.1 Å². The SMILES string of the molecule is CN1CCN=C1NCCN1CCSCC1.I. The van der Waals surface area contributed by atoms with Gasteiger partial charge in [0.1, 0.15) is 0 Å². The summed E-state index contributed by atoms with van der Waals surface area (Å²) < 4.78 is 0. The van der Waals surface area contributed by atoms with E-state index in [-0.39, 0.29) is 24.0 Å². The number of guanidine groups is 1. The van der Waals surface area contributed by atoms with Crippen LogP contribution in [0.1, 0.15) is 0 Å². The third-order valence-electron chi connectivity index (χ3n) is 2.87. The van der Waals surface area contributed by atoms with Gasteiger partial charge in [0.05, 0.1) is 6.54 Å². The summed E-state index contributed by atoms with van der Waals surface area (Å²) in [5, 5.41) is 3.41. The first-order chi connectivity index (χ1) is 7.36. The number of nitrogens with zero attached hydrogens (tertiary/aromatic N) is 3. The molecule has 2 rings (SSSR count).